The fourth-order valence-corrected chi connectivity index (χ4v) is 2.56. The van der Waals surface area contributed by atoms with Crippen LogP contribution in [-0.4, -0.2) is 10.1 Å². The molecule has 1 aromatic carbocycles. The molecule has 0 saturated carbocycles. The SMILES string of the molecule is Nc1onc(-c2c(Cl)cccc2Cl)c1-c1cccnc1. The van der Waals surface area contributed by atoms with Gasteiger partial charge in [-0.2, -0.15) is 0 Å². The van der Waals surface area contributed by atoms with Gasteiger partial charge >= 0.3 is 0 Å². The topological polar surface area (TPSA) is 64.9 Å². The van der Waals surface area contributed by atoms with E-state index in [0.717, 1.165) is 5.56 Å². The number of benzene rings is 1. The van der Waals surface area contributed by atoms with Gasteiger partial charge in [-0.1, -0.05) is 40.5 Å². The van der Waals surface area contributed by atoms with Gasteiger partial charge in [-0.25, -0.2) is 0 Å². The zero-order valence-electron chi connectivity index (χ0n) is 10.2. The second-order valence-electron chi connectivity index (χ2n) is 4.11. The minimum Gasteiger partial charge on any atom is -0.367 e. The van der Waals surface area contributed by atoms with E-state index in [9.17, 15) is 0 Å². The number of halogens is 2. The summed E-state index contributed by atoms with van der Waals surface area (Å²) in [5.74, 6) is 0.198. The summed E-state index contributed by atoms with van der Waals surface area (Å²) in [6, 6.07) is 8.91. The van der Waals surface area contributed by atoms with E-state index in [1.165, 1.54) is 0 Å². The van der Waals surface area contributed by atoms with Crippen LogP contribution in [0.1, 0.15) is 0 Å². The van der Waals surface area contributed by atoms with Crippen LogP contribution < -0.4 is 5.73 Å². The van der Waals surface area contributed by atoms with E-state index in [-0.39, 0.29) is 5.88 Å². The number of hydrogen-bond donors (Lipinski definition) is 1. The Balaban J connectivity index is 2.27. The van der Waals surface area contributed by atoms with E-state index in [2.05, 4.69) is 10.1 Å². The number of anilines is 1. The normalized spacial score (nSPS) is 10.7. The summed E-state index contributed by atoms with van der Waals surface area (Å²) in [4.78, 5) is 4.07. The van der Waals surface area contributed by atoms with Crippen molar-refractivity contribution in [2.24, 2.45) is 0 Å². The predicted octanol–water partition coefficient (Wildman–Crippen LogP) is 4.29. The smallest absolute Gasteiger partial charge is 0.230 e. The Bertz CT molecular complexity index is 736. The molecule has 0 aliphatic heterocycles. The van der Waals surface area contributed by atoms with Crippen molar-refractivity contribution in [1.82, 2.24) is 10.1 Å². The molecule has 100 valence electrons. The van der Waals surface area contributed by atoms with Crippen LogP contribution in [0.3, 0.4) is 0 Å². The summed E-state index contributed by atoms with van der Waals surface area (Å²) in [5.41, 5.74) is 8.39. The van der Waals surface area contributed by atoms with Crippen molar-refractivity contribution in [2.45, 2.75) is 0 Å². The number of nitrogens with zero attached hydrogens (tertiary/aromatic N) is 2. The Kier molecular flexibility index (Phi) is 3.34. The number of rotatable bonds is 2. The van der Waals surface area contributed by atoms with E-state index < -0.39 is 0 Å². The van der Waals surface area contributed by atoms with Crippen molar-refractivity contribution in [2.75, 3.05) is 5.73 Å². The van der Waals surface area contributed by atoms with E-state index in [4.69, 9.17) is 33.5 Å². The van der Waals surface area contributed by atoms with Crippen molar-refractivity contribution < 1.29 is 4.52 Å². The molecule has 0 fully saturated rings. The molecule has 2 N–H and O–H groups in total. The van der Waals surface area contributed by atoms with Gasteiger partial charge in [0.2, 0.25) is 5.88 Å². The van der Waals surface area contributed by atoms with Crippen molar-refractivity contribution in [3.63, 3.8) is 0 Å². The molecular weight excluding hydrogens is 297 g/mol. The lowest BCUT2D eigenvalue weighted by molar-refractivity contribution is 0.439. The van der Waals surface area contributed by atoms with Gasteiger partial charge in [0.05, 0.1) is 15.6 Å². The van der Waals surface area contributed by atoms with Gasteiger partial charge in [0.1, 0.15) is 5.69 Å². The molecule has 0 aliphatic carbocycles. The first-order chi connectivity index (χ1) is 9.68. The minimum atomic E-state index is 0.198. The predicted molar refractivity (Wildman–Crippen MR) is 79.6 cm³/mol. The molecule has 3 rings (SSSR count). The van der Waals surface area contributed by atoms with Crippen LogP contribution >= 0.6 is 23.2 Å². The highest BCUT2D eigenvalue weighted by atomic mass is 35.5. The van der Waals surface area contributed by atoms with Crippen molar-refractivity contribution in [3.8, 4) is 22.4 Å². The average molecular weight is 306 g/mol. The summed E-state index contributed by atoms with van der Waals surface area (Å²) in [5, 5.41) is 4.95. The summed E-state index contributed by atoms with van der Waals surface area (Å²) in [6.45, 7) is 0. The Labute approximate surface area is 125 Å². The average Bonchev–Trinajstić information content (AvgIpc) is 2.81. The number of nitrogen functional groups attached to an aromatic ring is 1. The number of pyridine rings is 1. The molecule has 0 amide bonds. The molecule has 0 atom stereocenters. The van der Waals surface area contributed by atoms with Crippen molar-refractivity contribution in [1.29, 1.82) is 0 Å². The van der Waals surface area contributed by atoms with E-state index in [1.807, 2.05) is 6.07 Å². The number of aromatic nitrogens is 2. The van der Waals surface area contributed by atoms with Crippen LogP contribution in [0.15, 0.2) is 47.2 Å². The van der Waals surface area contributed by atoms with Crippen LogP contribution in [0.25, 0.3) is 22.4 Å². The summed E-state index contributed by atoms with van der Waals surface area (Å²) in [7, 11) is 0. The second kappa shape index (κ2) is 5.15. The molecule has 2 heterocycles. The maximum atomic E-state index is 6.21. The van der Waals surface area contributed by atoms with Crippen molar-refractivity contribution >= 4 is 29.1 Å². The van der Waals surface area contributed by atoms with Crippen LogP contribution in [0.5, 0.6) is 0 Å². The highest BCUT2D eigenvalue weighted by molar-refractivity contribution is 6.39. The van der Waals surface area contributed by atoms with E-state index in [0.29, 0.717) is 26.9 Å². The Morgan fingerprint density at radius 2 is 1.75 bits per heavy atom. The lowest BCUT2D eigenvalue weighted by Crippen LogP contribution is -1.89. The maximum Gasteiger partial charge on any atom is 0.230 e. The highest BCUT2D eigenvalue weighted by Gasteiger charge is 2.21. The fraction of sp³-hybridized carbons (Fsp3) is 0. The minimum absolute atomic E-state index is 0.198. The van der Waals surface area contributed by atoms with Crippen molar-refractivity contribution in [3.05, 3.63) is 52.8 Å². The molecular formula is C14H9Cl2N3O. The fourth-order valence-electron chi connectivity index (χ4n) is 1.99. The molecule has 3 aromatic rings. The lowest BCUT2D eigenvalue weighted by Gasteiger charge is -2.06. The van der Waals surface area contributed by atoms with Crippen LogP contribution in [-0.2, 0) is 0 Å². The molecule has 0 radical (unpaired) electrons. The van der Waals surface area contributed by atoms with Gasteiger partial charge in [-0.15, -0.1) is 0 Å². The lowest BCUT2D eigenvalue weighted by atomic mass is 10.0. The third-order valence-corrected chi connectivity index (χ3v) is 3.50. The summed E-state index contributed by atoms with van der Waals surface area (Å²) < 4.78 is 5.10. The molecule has 0 saturated heterocycles. The summed E-state index contributed by atoms with van der Waals surface area (Å²) in [6.07, 6.45) is 3.35. The first-order valence-corrected chi connectivity index (χ1v) is 6.54. The van der Waals surface area contributed by atoms with Gasteiger partial charge in [-0.05, 0) is 18.2 Å². The molecule has 2 aromatic heterocycles. The van der Waals surface area contributed by atoms with Crippen LogP contribution in [0.4, 0.5) is 5.88 Å². The van der Waals surface area contributed by atoms with E-state index in [1.54, 1.807) is 36.7 Å². The standard InChI is InChI=1S/C14H9Cl2N3O/c15-9-4-1-5-10(16)12(9)13-11(14(17)20-19-13)8-3-2-6-18-7-8/h1-7H,17H2. The van der Waals surface area contributed by atoms with Gasteiger partial charge < -0.3 is 10.3 Å². The number of nitrogens with two attached hydrogens (primary N) is 1. The first kappa shape index (κ1) is 13.0. The Morgan fingerprint density at radius 1 is 1.00 bits per heavy atom. The Morgan fingerprint density at radius 3 is 2.40 bits per heavy atom. The van der Waals surface area contributed by atoms with Gasteiger partial charge in [0.25, 0.3) is 0 Å². The molecule has 20 heavy (non-hydrogen) atoms. The van der Waals surface area contributed by atoms with Crippen LogP contribution in [0.2, 0.25) is 10.0 Å². The van der Waals surface area contributed by atoms with Crippen LogP contribution in [0, 0.1) is 0 Å². The molecule has 0 bridgehead atoms. The summed E-state index contributed by atoms with van der Waals surface area (Å²) >= 11 is 12.4. The third-order valence-electron chi connectivity index (χ3n) is 2.87. The zero-order valence-corrected chi connectivity index (χ0v) is 11.7. The second-order valence-corrected chi connectivity index (χ2v) is 4.92. The molecule has 6 heteroatoms. The Hall–Kier alpha value is -2.04. The van der Waals surface area contributed by atoms with Gasteiger partial charge in [-0.3, -0.25) is 4.98 Å². The largest absolute Gasteiger partial charge is 0.367 e. The maximum absolute atomic E-state index is 6.21. The quantitative estimate of drug-likeness (QED) is 0.767. The monoisotopic (exact) mass is 305 g/mol. The highest BCUT2D eigenvalue weighted by Crippen LogP contribution is 2.41. The van der Waals surface area contributed by atoms with E-state index >= 15 is 0 Å². The van der Waals surface area contributed by atoms with Gasteiger partial charge in [0, 0.05) is 23.5 Å². The third kappa shape index (κ3) is 2.13. The molecule has 0 unspecified atom stereocenters. The molecule has 4 nitrogen and oxygen atoms in total. The number of hydrogen-bond acceptors (Lipinski definition) is 4. The molecule has 0 aliphatic rings. The zero-order chi connectivity index (χ0) is 14.1. The first-order valence-electron chi connectivity index (χ1n) is 5.78. The molecule has 0 spiro atoms. The van der Waals surface area contributed by atoms with Gasteiger partial charge in [0.15, 0.2) is 0 Å².